The van der Waals surface area contributed by atoms with Crippen LogP contribution in [0.2, 0.25) is 0 Å². The lowest BCUT2D eigenvalue weighted by atomic mass is 10.1. The first-order chi connectivity index (χ1) is 28.2. The Hall–Kier alpha value is -2.22. The fraction of sp³-hybridized carbons (Fsp3) is 0.913. The Morgan fingerprint density at radius 3 is 0.828 bits per heavy atom. The van der Waals surface area contributed by atoms with Crippen molar-refractivity contribution in [3.05, 3.63) is 0 Å². The van der Waals surface area contributed by atoms with E-state index in [1.807, 2.05) is 0 Å². The van der Waals surface area contributed by atoms with E-state index in [1.54, 1.807) is 0 Å². The van der Waals surface area contributed by atoms with Crippen LogP contribution in [0.1, 0.15) is 238 Å². The van der Waals surface area contributed by atoms with E-state index in [4.69, 9.17) is 21.0 Å². The van der Waals surface area contributed by atoms with E-state index in [9.17, 15) is 16.8 Å². The molecule has 0 atom stereocenters. The second-order valence-corrected chi connectivity index (χ2v) is 20.9. The van der Waals surface area contributed by atoms with Crippen molar-refractivity contribution in [2.24, 2.45) is 0 Å². The van der Waals surface area contributed by atoms with Gasteiger partial charge in [-0.3, -0.25) is 0 Å². The summed E-state index contributed by atoms with van der Waals surface area (Å²) in [5, 5.41) is 35.4. The standard InChI is InChI=1S/C46H84N6O4S2/c1-2-3-4-5-10-19-28-37-46(57(53,54)51(42-33-24-15-6-11-20-29-38-47)43-34-25-16-7-12-21-30-39-48)58(55,56)52(44-35-26-17-8-13-22-31-40-49)45-36-27-18-9-14-23-32-41-50/h46H,2-37,42-45H2,1H3. The highest BCUT2D eigenvalue weighted by atomic mass is 32.3. The van der Waals surface area contributed by atoms with Gasteiger partial charge in [0.1, 0.15) is 0 Å². The molecule has 0 aromatic carbocycles. The Morgan fingerprint density at radius 1 is 0.345 bits per heavy atom. The van der Waals surface area contributed by atoms with Gasteiger partial charge in [-0.05, 0) is 57.8 Å². The summed E-state index contributed by atoms with van der Waals surface area (Å²) in [5.41, 5.74) is 0. The highest BCUT2D eigenvalue weighted by Gasteiger charge is 2.43. The molecule has 334 valence electrons. The van der Waals surface area contributed by atoms with Crippen LogP contribution in [0.4, 0.5) is 0 Å². The molecule has 0 radical (unpaired) electrons. The summed E-state index contributed by atoms with van der Waals surface area (Å²) in [7, 11) is -8.39. The molecule has 0 amide bonds. The average molecular weight is 849 g/mol. The van der Waals surface area contributed by atoms with Gasteiger partial charge in [0.2, 0.25) is 20.0 Å². The summed E-state index contributed by atoms with van der Waals surface area (Å²) in [6.07, 6.45) is 30.8. The molecule has 0 spiro atoms. The summed E-state index contributed by atoms with van der Waals surface area (Å²) in [6.45, 7) is 3.47. The van der Waals surface area contributed by atoms with Crippen molar-refractivity contribution in [3.63, 3.8) is 0 Å². The third-order valence-corrected chi connectivity index (χ3v) is 16.6. The molecule has 0 bridgehead atoms. The second-order valence-electron chi connectivity index (χ2n) is 16.3. The number of unbranched alkanes of at least 4 members (excludes halogenated alkanes) is 30. The highest BCUT2D eigenvalue weighted by molar-refractivity contribution is 8.07. The maximum absolute atomic E-state index is 14.9. The summed E-state index contributed by atoms with van der Waals surface area (Å²) in [5.74, 6) is 0. The smallest absolute Gasteiger partial charge is 0.211 e. The van der Waals surface area contributed by atoms with Crippen LogP contribution in [-0.2, 0) is 20.0 Å². The molecular formula is C46H84N6O4S2. The molecule has 10 nitrogen and oxygen atoms in total. The Balaban J connectivity index is 6.22. The number of nitrogens with zero attached hydrogens (tertiary/aromatic N) is 6. The van der Waals surface area contributed by atoms with Gasteiger partial charge < -0.3 is 0 Å². The van der Waals surface area contributed by atoms with E-state index < -0.39 is 24.6 Å². The first-order valence-electron chi connectivity index (χ1n) is 23.7. The van der Waals surface area contributed by atoms with E-state index in [1.165, 1.54) is 15.0 Å². The maximum atomic E-state index is 14.9. The molecular weight excluding hydrogens is 765 g/mol. The van der Waals surface area contributed by atoms with Gasteiger partial charge >= 0.3 is 0 Å². The fourth-order valence-electron chi connectivity index (χ4n) is 7.58. The van der Waals surface area contributed by atoms with Gasteiger partial charge in [-0.25, -0.2) is 25.4 Å². The van der Waals surface area contributed by atoms with Crippen LogP contribution in [0.25, 0.3) is 0 Å². The number of hydrogen-bond acceptors (Lipinski definition) is 8. The Bertz CT molecular complexity index is 1190. The van der Waals surface area contributed by atoms with Crippen LogP contribution in [-0.4, -0.2) is 56.2 Å². The van der Waals surface area contributed by atoms with Gasteiger partial charge in [0.05, 0.1) is 24.3 Å². The second kappa shape index (κ2) is 40.2. The van der Waals surface area contributed by atoms with Crippen molar-refractivity contribution in [3.8, 4) is 24.3 Å². The van der Waals surface area contributed by atoms with Crippen molar-refractivity contribution in [1.29, 1.82) is 21.0 Å². The molecule has 58 heavy (non-hydrogen) atoms. The third kappa shape index (κ3) is 29.9. The van der Waals surface area contributed by atoms with Gasteiger partial charge in [0.25, 0.3) is 0 Å². The van der Waals surface area contributed by atoms with Gasteiger partial charge in [0, 0.05) is 51.9 Å². The first kappa shape index (κ1) is 55.8. The largest absolute Gasteiger partial charge is 0.232 e. The van der Waals surface area contributed by atoms with E-state index in [0.29, 0.717) is 84.0 Å². The monoisotopic (exact) mass is 849 g/mol. The Morgan fingerprint density at radius 2 is 0.569 bits per heavy atom. The molecule has 0 saturated heterocycles. The third-order valence-electron chi connectivity index (χ3n) is 11.2. The summed E-state index contributed by atoms with van der Waals surface area (Å²) < 4.78 is 61.1. The van der Waals surface area contributed by atoms with Gasteiger partial charge in [0.15, 0.2) is 4.58 Å². The molecule has 0 unspecified atom stereocenters. The van der Waals surface area contributed by atoms with Crippen molar-refractivity contribution < 1.29 is 16.8 Å². The molecule has 0 N–H and O–H groups in total. The van der Waals surface area contributed by atoms with Crippen LogP contribution in [0.3, 0.4) is 0 Å². The molecule has 12 heteroatoms. The summed E-state index contributed by atoms with van der Waals surface area (Å²) in [4.78, 5) is 0. The first-order valence-corrected chi connectivity index (χ1v) is 26.7. The van der Waals surface area contributed by atoms with Crippen LogP contribution in [0, 0.1) is 45.3 Å². The molecule has 0 aliphatic heterocycles. The fourth-order valence-corrected chi connectivity index (χ4v) is 12.7. The number of hydrogen-bond donors (Lipinski definition) is 0. The van der Waals surface area contributed by atoms with Crippen LogP contribution in [0.15, 0.2) is 0 Å². The molecule has 0 fully saturated rings. The zero-order chi connectivity index (χ0) is 42.8. The van der Waals surface area contributed by atoms with Crippen LogP contribution in [0.5, 0.6) is 0 Å². The quantitative estimate of drug-likeness (QED) is 0.0545. The summed E-state index contributed by atoms with van der Waals surface area (Å²) >= 11 is 0. The van der Waals surface area contributed by atoms with Crippen molar-refractivity contribution in [2.75, 3.05) is 26.2 Å². The van der Waals surface area contributed by atoms with E-state index >= 15 is 0 Å². The predicted octanol–water partition coefficient (Wildman–Crippen LogP) is 12.7. The predicted molar refractivity (Wildman–Crippen MR) is 239 cm³/mol. The van der Waals surface area contributed by atoms with Gasteiger partial charge in [-0.1, -0.05) is 155 Å². The topological polar surface area (TPSA) is 170 Å². The number of sulfonamides is 2. The van der Waals surface area contributed by atoms with Crippen molar-refractivity contribution >= 4 is 20.0 Å². The van der Waals surface area contributed by atoms with E-state index in [-0.39, 0.29) is 6.42 Å². The number of rotatable bonds is 44. The van der Waals surface area contributed by atoms with Crippen LogP contribution < -0.4 is 0 Å². The maximum Gasteiger partial charge on any atom is 0.232 e. The van der Waals surface area contributed by atoms with E-state index in [2.05, 4.69) is 31.2 Å². The average Bonchev–Trinajstić information content (AvgIpc) is 3.20. The molecule has 0 aromatic heterocycles. The van der Waals surface area contributed by atoms with Crippen molar-refractivity contribution in [2.45, 2.75) is 243 Å². The zero-order valence-electron chi connectivity index (χ0n) is 37.0. The lowest BCUT2D eigenvalue weighted by molar-refractivity contribution is 0.367. The van der Waals surface area contributed by atoms with Crippen molar-refractivity contribution in [1.82, 2.24) is 8.61 Å². The lowest BCUT2D eigenvalue weighted by Gasteiger charge is -2.32. The summed E-state index contributed by atoms with van der Waals surface area (Å²) in [6, 6.07) is 8.78. The molecule has 0 heterocycles. The molecule has 0 rings (SSSR count). The normalized spacial score (nSPS) is 11.9. The minimum absolute atomic E-state index is 0.112. The highest BCUT2D eigenvalue weighted by Crippen LogP contribution is 2.27. The molecule has 0 aromatic rings. The molecule has 0 saturated carbocycles. The minimum Gasteiger partial charge on any atom is -0.211 e. The Kier molecular flexibility index (Phi) is 38.7. The number of nitriles is 4. The molecule has 0 aliphatic carbocycles. The lowest BCUT2D eigenvalue weighted by Crippen LogP contribution is -2.49. The van der Waals surface area contributed by atoms with E-state index in [0.717, 1.165) is 161 Å². The SMILES string of the molecule is CCCCCCCCCC(S(=O)(=O)N(CCCCCCCCC#N)CCCCCCCCC#N)S(=O)(=O)N(CCCCCCCCC#N)CCCCCCCCC#N. The minimum atomic E-state index is -4.19. The zero-order valence-corrected chi connectivity index (χ0v) is 38.6. The Labute approximate surface area is 358 Å². The van der Waals surface area contributed by atoms with Gasteiger partial charge in [-0.15, -0.1) is 0 Å². The van der Waals surface area contributed by atoms with Crippen LogP contribution >= 0.6 is 0 Å². The molecule has 0 aliphatic rings. The van der Waals surface area contributed by atoms with Gasteiger partial charge in [-0.2, -0.15) is 21.0 Å².